The van der Waals surface area contributed by atoms with Gasteiger partial charge in [-0.15, -0.1) is 6.58 Å². The third kappa shape index (κ3) is 7.05. The molecule has 2 aliphatic carbocycles. The number of aliphatic hydroxyl groups is 1. The van der Waals surface area contributed by atoms with Crippen molar-refractivity contribution >= 4 is 29.6 Å². The fourth-order valence-electron chi connectivity index (χ4n) is 6.07. The van der Waals surface area contributed by atoms with Crippen LogP contribution in [0.5, 0.6) is 0 Å². The van der Waals surface area contributed by atoms with E-state index in [1.54, 1.807) is 30.3 Å². The Hall–Kier alpha value is -4.38. The molecular weight excluding hydrogens is 560 g/mol. The standard InChI is InChI=1S/C33H42N6O5/c1-5-19-15-24(19)36-29(41)25-17-22(35-31(43)34-21-12-7-6-8-13-21)18-39(25)32(44)38-28(33(2,3)4)30(42)37-27-23-14-10-9-11-20(23)16-26(27)40/h5-14,19,22,24-28,40H,1,15-18H2,2-4H3,(H,36,41)(H,37,42)(H,38,44)(H2,34,35,43)/t19?,22-,24?,25+,26-,27?,28-/m1/s1. The first-order chi connectivity index (χ1) is 20.9. The van der Waals surface area contributed by atoms with Crippen molar-refractivity contribution in [3.8, 4) is 0 Å². The van der Waals surface area contributed by atoms with Gasteiger partial charge in [-0.1, -0.05) is 69.3 Å². The topological polar surface area (TPSA) is 152 Å². The molecule has 234 valence electrons. The molecule has 2 aromatic rings. The van der Waals surface area contributed by atoms with Gasteiger partial charge in [0.05, 0.1) is 18.2 Å². The molecule has 0 bridgehead atoms. The number of anilines is 1. The fourth-order valence-corrected chi connectivity index (χ4v) is 6.07. The van der Waals surface area contributed by atoms with Crippen molar-refractivity contribution in [2.75, 3.05) is 11.9 Å². The van der Waals surface area contributed by atoms with Gasteiger partial charge in [-0.2, -0.15) is 0 Å². The van der Waals surface area contributed by atoms with Crippen LogP contribution in [-0.2, 0) is 16.0 Å². The highest BCUT2D eigenvalue weighted by Crippen LogP contribution is 2.33. The van der Waals surface area contributed by atoms with Crippen LogP contribution < -0.4 is 26.6 Å². The Morgan fingerprint density at radius 2 is 1.68 bits per heavy atom. The molecule has 6 amide bonds. The number of carbonyl (C=O) groups excluding carboxylic acids is 4. The molecule has 3 unspecified atom stereocenters. The summed E-state index contributed by atoms with van der Waals surface area (Å²) in [5.41, 5.74) is 1.74. The van der Waals surface area contributed by atoms with Gasteiger partial charge in [-0.05, 0) is 47.4 Å². The predicted octanol–water partition coefficient (Wildman–Crippen LogP) is 2.84. The van der Waals surface area contributed by atoms with E-state index in [-0.39, 0.29) is 30.8 Å². The summed E-state index contributed by atoms with van der Waals surface area (Å²) in [6, 6.07) is 12.6. The van der Waals surface area contributed by atoms with Crippen LogP contribution in [0, 0.1) is 11.3 Å². The molecule has 1 aliphatic heterocycles. The minimum absolute atomic E-state index is 0.0351. The normalized spacial score (nSPS) is 26.1. The maximum absolute atomic E-state index is 13.8. The molecule has 1 saturated heterocycles. The molecule has 44 heavy (non-hydrogen) atoms. The molecule has 6 N–H and O–H groups in total. The lowest BCUT2D eigenvalue weighted by atomic mass is 9.86. The second-order valence-corrected chi connectivity index (χ2v) is 13.0. The van der Waals surface area contributed by atoms with Crippen molar-refractivity contribution in [2.45, 2.75) is 76.3 Å². The summed E-state index contributed by atoms with van der Waals surface area (Å²) >= 11 is 0. The monoisotopic (exact) mass is 602 g/mol. The molecular formula is C33H42N6O5. The van der Waals surface area contributed by atoms with Crippen LogP contribution in [0.15, 0.2) is 67.3 Å². The number of aliphatic hydroxyl groups excluding tert-OH is 1. The number of para-hydroxylation sites is 1. The van der Waals surface area contributed by atoms with Crippen molar-refractivity contribution in [2.24, 2.45) is 11.3 Å². The van der Waals surface area contributed by atoms with Crippen molar-refractivity contribution in [1.29, 1.82) is 0 Å². The van der Waals surface area contributed by atoms with E-state index in [1.807, 2.05) is 51.1 Å². The second kappa shape index (κ2) is 12.7. The highest BCUT2D eigenvalue weighted by molar-refractivity contribution is 5.93. The molecule has 0 aromatic heterocycles. The van der Waals surface area contributed by atoms with E-state index < -0.39 is 53.7 Å². The quantitative estimate of drug-likeness (QED) is 0.257. The summed E-state index contributed by atoms with van der Waals surface area (Å²) in [6.45, 7) is 9.39. The van der Waals surface area contributed by atoms with Gasteiger partial charge in [0, 0.05) is 24.7 Å². The van der Waals surface area contributed by atoms with Crippen LogP contribution in [0.2, 0.25) is 0 Å². The Labute approximate surface area is 257 Å². The zero-order valence-electron chi connectivity index (χ0n) is 25.4. The van der Waals surface area contributed by atoms with Gasteiger partial charge in [0.1, 0.15) is 12.1 Å². The number of rotatable bonds is 8. The van der Waals surface area contributed by atoms with E-state index >= 15 is 0 Å². The van der Waals surface area contributed by atoms with Gasteiger partial charge in [0.15, 0.2) is 0 Å². The number of hydrogen-bond acceptors (Lipinski definition) is 5. The predicted molar refractivity (Wildman–Crippen MR) is 167 cm³/mol. The molecule has 0 spiro atoms. The average Bonchev–Trinajstić information content (AvgIpc) is 3.47. The zero-order chi connectivity index (χ0) is 31.6. The highest BCUT2D eigenvalue weighted by Gasteiger charge is 2.45. The van der Waals surface area contributed by atoms with Gasteiger partial charge in [0.2, 0.25) is 11.8 Å². The van der Waals surface area contributed by atoms with Crippen LogP contribution in [0.25, 0.3) is 0 Å². The van der Waals surface area contributed by atoms with Gasteiger partial charge in [0.25, 0.3) is 0 Å². The number of carbonyl (C=O) groups is 4. The van der Waals surface area contributed by atoms with Gasteiger partial charge < -0.3 is 36.6 Å². The number of benzene rings is 2. The molecule has 1 saturated carbocycles. The lowest BCUT2D eigenvalue weighted by molar-refractivity contribution is -0.126. The fraction of sp³-hybridized carbons (Fsp3) is 0.455. The summed E-state index contributed by atoms with van der Waals surface area (Å²) in [5, 5.41) is 25.2. The number of nitrogens with zero attached hydrogens (tertiary/aromatic N) is 1. The highest BCUT2D eigenvalue weighted by atomic mass is 16.3. The number of nitrogens with one attached hydrogen (secondary N) is 5. The lowest BCUT2D eigenvalue weighted by Crippen LogP contribution is -2.59. The molecule has 5 rings (SSSR count). The smallest absolute Gasteiger partial charge is 0.319 e. The van der Waals surface area contributed by atoms with Gasteiger partial charge in [-0.3, -0.25) is 9.59 Å². The summed E-state index contributed by atoms with van der Waals surface area (Å²) in [4.78, 5) is 55.0. The van der Waals surface area contributed by atoms with E-state index in [0.717, 1.165) is 17.5 Å². The first-order valence-electron chi connectivity index (χ1n) is 15.1. The Balaban J connectivity index is 1.29. The third-order valence-electron chi connectivity index (χ3n) is 8.60. The van der Waals surface area contributed by atoms with E-state index in [9.17, 15) is 24.3 Å². The Morgan fingerprint density at radius 3 is 2.36 bits per heavy atom. The Morgan fingerprint density at radius 1 is 0.977 bits per heavy atom. The number of hydrogen-bond donors (Lipinski definition) is 6. The average molecular weight is 603 g/mol. The van der Waals surface area contributed by atoms with Crippen LogP contribution in [0.4, 0.5) is 15.3 Å². The zero-order valence-corrected chi connectivity index (χ0v) is 25.4. The van der Waals surface area contributed by atoms with Crippen molar-refractivity contribution in [3.63, 3.8) is 0 Å². The molecule has 2 fully saturated rings. The first kappa shape index (κ1) is 31.1. The van der Waals surface area contributed by atoms with Crippen LogP contribution >= 0.6 is 0 Å². The van der Waals surface area contributed by atoms with Crippen molar-refractivity contribution in [1.82, 2.24) is 26.2 Å². The van der Waals surface area contributed by atoms with Crippen molar-refractivity contribution < 1.29 is 24.3 Å². The number of likely N-dealkylation sites (tertiary alicyclic amines) is 1. The Kier molecular flexibility index (Phi) is 8.96. The number of urea groups is 2. The summed E-state index contributed by atoms with van der Waals surface area (Å²) in [6.07, 6.45) is 2.45. The minimum atomic E-state index is -0.972. The minimum Gasteiger partial charge on any atom is -0.390 e. The molecule has 1 heterocycles. The molecule has 2 aromatic carbocycles. The third-order valence-corrected chi connectivity index (χ3v) is 8.60. The maximum atomic E-state index is 13.8. The number of fused-ring (bicyclic) bond motifs is 1. The lowest BCUT2D eigenvalue weighted by Gasteiger charge is -2.34. The van der Waals surface area contributed by atoms with Crippen LogP contribution in [0.3, 0.4) is 0 Å². The second-order valence-electron chi connectivity index (χ2n) is 13.0. The SMILES string of the molecule is C=CC1CC1NC(=O)[C@@H]1C[C@@H](NC(=O)Nc2ccccc2)CN1C(=O)N[C@H](C(=O)NC1c2ccccc2C[C@H]1O)C(C)(C)C. The molecule has 11 nitrogen and oxygen atoms in total. The van der Waals surface area contributed by atoms with E-state index in [2.05, 4.69) is 33.2 Å². The summed E-state index contributed by atoms with van der Waals surface area (Å²) < 4.78 is 0. The van der Waals surface area contributed by atoms with Crippen molar-refractivity contribution in [3.05, 3.63) is 78.4 Å². The molecule has 3 aliphatic rings. The van der Waals surface area contributed by atoms with Crippen LogP contribution in [-0.4, -0.2) is 70.7 Å². The summed E-state index contributed by atoms with van der Waals surface area (Å²) in [7, 11) is 0. The maximum Gasteiger partial charge on any atom is 0.319 e. The molecule has 7 atom stereocenters. The van der Waals surface area contributed by atoms with E-state index in [4.69, 9.17) is 0 Å². The Bertz CT molecular complexity index is 1410. The number of amides is 6. The summed E-state index contributed by atoms with van der Waals surface area (Å²) in [5.74, 6) is -0.557. The van der Waals surface area contributed by atoms with E-state index in [0.29, 0.717) is 12.1 Å². The molecule has 0 radical (unpaired) electrons. The van der Waals surface area contributed by atoms with Gasteiger partial charge >= 0.3 is 12.1 Å². The largest absolute Gasteiger partial charge is 0.390 e. The van der Waals surface area contributed by atoms with Gasteiger partial charge in [-0.25, -0.2) is 9.59 Å². The molecule has 11 heteroatoms. The van der Waals surface area contributed by atoms with Crippen LogP contribution in [0.1, 0.15) is 50.8 Å². The van der Waals surface area contributed by atoms with E-state index in [1.165, 1.54) is 4.90 Å². The first-order valence-corrected chi connectivity index (χ1v) is 15.1.